The van der Waals surface area contributed by atoms with E-state index in [1.54, 1.807) is 0 Å². The third kappa shape index (κ3) is 5.28. The second kappa shape index (κ2) is 9.95. The molecule has 2 atom stereocenters. The zero-order chi connectivity index (χ0) is 29.2. The Morgan fingerprint density at radius 1 is 1.00 bits per heavy atom. The van der Waals surface area contributed by atoms with Gasteiger partial charge in [-0.2, -0.15) is 4.98 Å². The van der Waals surface area contributed by atoms with Crippen molar-refractivity contribution in [1.29, 1.82) is 0 Å². The maximum absolute atomic E-state index is 13.0. The van der Waals surface area contributed by atoms with E-state index in [1.807, 2.05) is 95.8 Å². The normalized spacial score (nSPS) is 23.3. The molecule has 1 aromatic heterocycles. The molecule has 218 valence electrons. The molecule has 2 aromatic carbocycles. The molecular formula is C31H40BN3O6. The molecule has 4 heterocycles. The van der Waals surface area contributed by atoms with Gasteiger partial charge < -0.3 is 28.1 Å². The number of piperazine rings is 1. The predicted octanol–water partition coefficient (Wildman–Crippen LogP) is 5.29. The number of benzene rings is 2. The van der Waals surface area contributed by atoms with E-state index >= 15 is 0 Å². The summed E-state index contributed by atoms with van der Waals surface area (Å²) in [6.07, 6.45) is 1.60. The zero-order valence-electron chi connectivity index (χ0n) is 25.1. The van der Waals surface area contributed by atoms with Crippen molar-refractivity contribution in [1.82, 2.24) is 9.88 Å². The summed E-state index contributed by atoms with van der Waals surface area (Å²) in [6, 6.07) is 14.5. The maximum Gasteiger partial charge on any atom is 0.498 e. The van der Waals surface area contributed by atoms with Gasteiger partial charge in [0.15, 0.2) is 11.1 Å². The Labute approximate surface area is 242 Å². The van der Waals surface area contributed by atoms with E-state index < -0.39 is 23.9 Å². The highest BCUT2D eigenvalue weighted by Crippen LogP contribution is 2.39. The monoisotopic (exact) mass is 561 g/mol. The van der Waals surface area contributed by atoms with Gasteiger partial charge in [-0.3, -0.25) is 4.90 Å². The van der Waals surface area contributed by atoms with Crippen LogP contribution in [0.25, 0.3) is 11.1 Å². The van der Waals surface area contributed by atoms with E-state index in [1.165, 1.54) is 0 Å². The van der Waals surface area contributed by atoms with Crippen molar-refractivity contribution < 1.29 is 28.0 Å². The lowest BCUT2D eigenvalue weighted by atomic mass is 9.78. The summed E-state index contributed by atoms with van der Waals surface area (Å²) >= 11 is 0. The molecule has 0 aliphatic carbocycles. The topological polar surface area (TPSA) is 86.5 Å². The van der Waals surface area contributed by atoms with Crippen LogP contribution in [-0.2, 0) is 20.7 Å². The average molecular weight is 561 g/mol. The first-order chi connectivity index (χ1) is 19.3. The van der Waals surface area contributed by atoms with E-state index in [-0.39, 0.29) is 18.2 Å². The van der Waals surface area contributed by atoms with Gasteiger partial charge in [-0.1, -0.05) is 36.4 Å². The Hall–Kier alpha value is -3.24. The smallest absolute Gasteiger partial charge is 0.486 e. The molecular weight excluding hydrogens is 521 g/mol. The van der Waals surface area contributed by atoms with Gasteiger partial charge in [0.05, 0.1) is 23.3 Å². The summed E-state index contributed by atoms with van der Waals surface area (Å²) in [5.41, 5.74) is 1.54. The third-order valence-electron chi connectivity index (χ3n) is 8.63. The molecule has 3 saturated heterocycles. The molecule has 3 aliphatic heterocycles. The van der Waals surface area contributed by atoms with E-state index in [9.17, 15) is 4.79 Å². The number of carbonyl (C=O) groups excluding carboxylic acids is 1. The van der Waals surface area contributed by atoms with Crippen molar-refractivity contribution in [2.45, 2.75) is 96.8 Å². The van der Waals surface area contributed by atoms with Crippen LogP contribution >= 0.6 is 0 Å². The Kier molecular flexibility index (Phi) is 6.77. The second-order valence-corrected chi connectivity index (χ2v) is 13.4. The van der Waals surface area contributed by atoms with E-state index in [0.29, 0.717) is 42.6 Å². The molecule has 3 fully saturated rings. The van der Waals surface area contributed by atoms with Crippen LogP contribution in [0.15, 0.2) is 46.9 Å². The van der Waals surface area contributed by atoms with Crippen molar-refractivity contribution in [2.24, 2.45) is 0 Å². The molecule has 3 aliphatic rings. The fourth-order valence-electron chi connectivity index (χ4n) is 5.81. The fourth-order valence-corrected chi connectivity index (χ4v) is 5.81. The minimum Gasteiger partial charge on any atom is -0.486 e. The van der Waals surface area contributed by atoms with Crippen molar-refractivity contribution in [3.05, 3.63) is 48.0 Å². The fraction of sp³-hybridized carbons (Fsp3) is 0.548. The third-order valence-corrected chi connectivity index (χ3v) is 8.63. The van der Waals surface area contributed by atoms with Crippen LogP contribution in [0.5, 0.6) is 5.75 Å². The summed E-state index contributed by atoms with van der Waals surface area (Å²) in [5.74, 6) is 0.634. The molecule has 0 saturated carbocycles. The molecule has 9 nitrogen and oxygen atoms in total. The number of rotatable bonds is 5. The van der Waals surface area contributed by atoms with Crippen LogP contribution in [0, 0.1) is 0 Å². The van der Waals surface area contributed by atoms with Gasteiger partial charge in [0.25, 0.3) is 6.01 Å². The molecule has 0 N–H and O–H groups in total. The van der Waals surface area contributed by atoms with Gasteiger partial charge in [0.2, 0.25) is 0 Å². The molecule has 2 bridgehead atoms. The average Bonchev–Trinajstić information content (AvgIpc) is 3.51. The first-order valence-corrected chi connectivity index (χ1v) is 14.5. The largest absolute Gasteiger partial charge is 0.498 e. The summed E-state index contributed by atoms with van der Waals surface area (Å²) in [7, 11) is -0.605. The highest BCUT2D eigenvalue weighted by Gasteiger charge is 2.53. The lowest BCUT2D eigenvalue weighted by Crippen LogP contribution is -2.56. The Balaban J connectivity index is 1.31. The lowest BCUT2D eigenvalue weighted by molar-refractivity contribution is 0.00578. The van der Waals surface area contributed by atoms with Crippen molar-refractivity contribution >= 4 is 35.8 Å². The Morgan fingerprint density at radius 2 is 1.63 bits per heavy atom. The number of fused-ring (bicyclic) bond motifs is 3. The first-order valence-electron chi connectivity index (χ1n) is 14.5. The van der Waals surface area contributed by atoms with Crippen LogP contribution in [0.3, 0.4) is 0 Å². The van der Waals surface area contributed by atoms with Gasteiger partial charge in [0.1, 0.15) is 18.0 Å². The van der Waals surface area contributed by atoms with Crippen LogP contribution in [0.1, 0.15) is 66.9 Å². The van der Waals surface area contributed by atoms with Crippen LogP contribution in [0.2, 0.25) is 0 Å². The molecule has 10 heteroatoms. The molecule has 1 amide bonds. The number of anilines is 1. The predicted molar refractivity (Wildman–Crippen MR) is 158 cm³/mol. The number of aromatic nitrogens is 1. The standard InChI is InChI=1S/C31H40BN3O6/c1-29(2,3)39-28(36)35-21-13-14-22(35)18-34(17-21)27-33-25-24(37-19-20-11-9-8-10-12-20)16-15-23(26(25)38-27)32-40-30(4,5)31(6,7)41-32/h8-12,15-16,21-22H,13-14,17-19H2,1-7H3. The van der Waals surface area contributed by atoms with Gasteiger partial charge in [-0.25, -0.2) is 4.79 Å². The van der Waals surface area contributed by atoms with Crippen LogP contribution < -0.4 is 15.1 Å². The highest BCUT2D eigenvalue weighted by molar-refractivity contribution is 6.64. The summed E-state index contributed by atoms with van der Waals surface area (Å²) < 4.78 is 31.3. The number of amides is 1. The molecule has 3 aromatic rings. The molecule has 41 heavy (non-hydrogen) atoms. The Bertz CT molecular complexity index is 1400. The van der Waals surface area contributed by atoms with Crippen molar-refractivity contribution in [2.75, 3.05) is 18.0 Å². The lowest BCUT2D eigenvalue weighted by Gasteiger charge is -2.40. The Morgan fingerprint density at radius 3 is 2.24 bits per heavy atom. The van der Waals surface area contributed by atoms with Crippen LogP contribution in [0.4, 0.5) is 10.8 Å². The van der Waals surface area contributed by atoms with E-state index in [0.717, 1.165) is 23.9 Å². The molecule has 0 spiro atoms. The summed E-state index contributed by atoms with van der Waals surface area (Å²) in [4.78, 5) is 22.0. The van der Waals surface area contributed by atoms with Gasteiger partial charge in [-0.15, -0.1) is 0 Å². The summed E-state index contributed by atoms with van der Waals surface area (Å²) in [5, 5.41) is 0. The van der Waals surface area contributed by atoms with E-state index in [2.05, 4.69) is 4.90 Å². The number of hydrogen-bond donors (Lipinski definition) is 0. The quantitative estimate of drug-likeness (QED) is 0.389. The number of nitrogens with zero attached hydrogens (tertiary/aromatic N) is 3. The van der Waals surface area contributed by atoms with Gasteiger partial charge >= 0.3 is 13.2 Å². The van der Waals surface area contributed by atoms with Crippen molar-refractivity contribution in [3.8, 4) is 5.75 Å². The number of ether oxygens (including phenoxy) is 2. The van der Waals surface area contributed by atoms with Crippen molar-refractivity contribution in [3.63, 3.8) is 0 Å². The zero-order valence-corrected chi connectivity index (χ0v) is 25.1. The van der Waals surface area contributed by atoms with Gasteiger partial charge in [-0.05, 0) is 72.9 Å². The molecule has 0 radical (unpaired) electrons. The number of carbonyl (C=O) groups is 1. The maximum atomic E-state index is 13.0. The second-order valence-electron chi connectivity index (χ2n) is 13.4. The molecule has 2 unspecified atom stereocenters. The summed E-state index contributed by atoms with van der Waals surface area (Å²) in [6.45, 7) is 15.5. The first kappa shape index (κ1) is 27.9. The minimum atomic E-state index is -0.605. The van der Waals surface area contributed by atoms with Crippen LogP contribution in [-0.4, -0.2) is 65.1 Å². The highest BCUT2D eigenvalue weighted by atomic mass is 16.7. The minimum absolute atomic E-state index is 0.0370. The number of hydrogen-bond acceptors (Lipinski definition) is 8. The SMILES string of the molecule is CC(C)(C)OC(=O)N1C2CCC1CN(c1nc3c(OCc4ccccc4)ccc(B4OC(C)(C)C(C)(C)O4)c3o1)C2. The number of oxazole rings is 1. The van der Waals surface area contributed by atoms with Gasteiger partial charge in [0, 0.05) is 18.6 Å². The molecule has 6 rings (SSSR count). The van der Waals surface area contributed by atoms with E-state index in [4.69, 9.17) is 28.2 Å².